The van der Waals surface area contributed by atoms with Crippen LogP contribution in [0.3, 0.4) is 0 Å². The smallest absolute Gasteiger partial charge is 0.190 e. The maximum Gasteiger partial charge on any atom is 0.190 e. The molecule has 0 aromatic heterocycles. The van der Waals surface area contributed by atoms with Crippen molar-refractivity contribution in [2.75, 3.05) is 5.32 Å². The molecule has 1 aromatic carbocycles. The van der Waals surface area contributed by atoms with Crippen LogP contribution >= 0.6 is 0 Å². The first-order chi connectivity index (χ1) is 5.18. The number of nitrogens with one attached hydrogen (secondary N) is 2. The number of anilines is 1. The van der Waals surface area contributed by atoms with Gasteiger partial charge in [-0.3, -0.25) is 10.5 Å². The molecule has 57 valence electrons. The Morgan fingerprint density at radius 2 is 1.91 bits per heavy atom. The Balaban J connectivity index is 2.74. The number of benzene rings is 1. The van der Waals surface area contributed by atoms with Gasteiger partial charge in [0.05, 0.1) is 0 Å². The third-order valence-electron chi connectivity index (χ3n) is 1.13. The van der Waals surface area contributed by atoms with Gasteiger partial charge in [-0.1, -0.05) is 0 Å². The molecule has 4 N–H and O–H groups in total. The lowest BCUT2D eigenvalue weighted by Crippen LogP contribution is -2.20. The van der Waals surface area contributed by atoms with Gasteiger partial charge in [-0.05, 0) is 24.3 Å². The molecular formula is C7H8N3O. The molecule has 0 aliphatic rings. The summed E-state index contributed by atoms with van der Waals surface area (Å²) >= 11 is 0. The summed E-state index contributed by atoms with van der Waals surface area (Å²) in [6.45, 7) is 0. The second-order valence-electron chi connectivity index (χ2n) is 2.06. The first-order valence-electron chi connectivity index (χ1n) is 3.06. The predicted octanol–water partition coefficient (Wildman–Crippen LogP) is 1.14. The quantitative estimate of drug-likeness (QED) is 0.414. The van der Waals surface area contributed by atoms with E-state index >= 15 is 0 Å². The first kappa shape index (κ1) is 7.40. The van der Waals surface area contributed by atoms with Crippen molar-refractivity contribution in [3.63, 3.8) is 0 Å². The highest BCUT2D eigenvalue weighted by Crippen LogP contribution is 2.13. The van der Waals surface area contributed by atoms with Crippen molar-refractivity contribution in [3.05, 3.63) is 24.3 Å². The molecule has 1 radical (unpaired) electrons. The van der Waals surface area contributed by atoms with Gasteiger partial charge in [-0.2, -0.15) is 0 Å². The molecule has 0 bridgehead atoms. The molecule has 0 saturated heterocycles. The van der Waals surface area contributed by atoms with Crippen LogP contribution in [0.15, 0.2) is 24.3 Å². The number of nitrogens with two attached hydrogens (primary N) is 1. The van der Waals surface area contributed by atoms with E-state index in [4.69, 9.17) is 11.1 Å². The van der Waals surface area contributed by atoms with E-state index in [1.165, 1.54) is 12.1 Å². The molecule has 0 spiro atoms. The molecule has 4 heteroatoms. The Morgan fingerprint density at radius 3 is 2.36 bits per heavy atom. The van der Waals surface area contributed by atoms with Crippen LogP contribution in [0.2, 0.25) is 0 Å². The monoisotopic (exact) mass is 150 g/mol. The van der Waals surface area contributed by atoms with Gasteiger partial charge >= 0.3 is 0 Å². The summed E-state index contributed by atoms with van der Waals surface area (Å²) in [4.78, 5) is 0. The summed E-state index contributed by atoms with van der Waals surface area (Å²) in [5.74, 6) is -0.192. The minimum atomic E-state index is -0.136. The van der Waals surface area contributed by atoms with E-state index in [1.807, 2.05) is 0 Å². The highest BCUT2D eigenvalue weighted by molar-refractivity contribution is 5.89. The summed E-state index contributed by atoms with van der Waals surface area (Å²) in [7, 11) is 0. The van der Waals surface area contributed by atoms with Crippen molar-refractivity contribution in [1.29, 1.82) is 5.41 Å². The minimum Gasteiger partial charge on any atom is -0.370 e. The van der Waals surface area contributed by atoms with Crippen molar-refractivity contribution < 1.29 is 5.11 Å². The molecule has 0 atom stereocenters. The van der Waals surface area contributed by atoms with E-state index in [0.29, 0.717) is 5.69 Å². The molecule has 0 fully saturated rings. The largest absolute Gasteiger partial charge is 0.370 e. The van der Waals surface area contributed by atoms with Crippen molar-refractivity contribution in [3.8, 4) is 5.75 Å². The number of rotatable bonds is 1. The topological polar surface area (TPSA) is 81.8 Å². The fourth-order valence-electron chi connectivity index (χ4n) is 0.694. The molecule has 11 heavy (non-hydrogen) atoms. The van der Waals surface area contributed by atoms with Crippen LogP contribution in [0, 0.1) is 5.41 Å². The van der Waals surface area contributed by atoms with Gasteiger partial charge in [-0.25, -0.2) is 0 Å². The van der Waals surface area contributed by atoms with Crippen LogP contribution < -0.4 is 11.1 Å². The average Bonchev–Trinajstić information content (AvgIpc) is 1.93. The van der Waals surface area contributed by atoms with Crippen LogP contribution in [0.1, 0.15) is 0 Å². The third-order valence-corrected chi connectivity index (χ3v) is 1.13. The number of hydrogen-bond donors (Lipinski definition) is 3. The van der Waals surface area contributed by atoms with E-state index in [0.717, 1.165) is 0 Å². The van der Waals surface area contributed by atoms with E-state index in [-0.39, 0.29) is 11.7 Å². The molecule has 0 unspecified atom stereocenters. The lowest BCUT2D eigenvalue weighted by Gasteiger charge is -2.01. The van der Waals surface area contributed by atoms with Crippen LogP contribution in [-0.4, -0.2) is 5.96 Å². The lowest BCUT2D eigenvalue weighted by molar-refractivity contribution is 0.355. The van der Waals surface area contributed by atoms with Crippen molar-refractivity contribution in [2.45, 2.75) is 0 Å². The zero-order chi connectivity index (χ0) is 8.27. The number of guanidine groups is 1. The maximum atomic E-state index is 10.6. The Kier molecular flexibility index (Phi) is 1.96. The average molecular weight is 150 g/mol. The second kappa shape index (κ2) is 2.92. The van der Waals surface area contributed by atoms with Crippen molar-refractivity contribution in [1.82, 2.24) is 0 Å². The van der Waals surface area contributed by atoms with Gasteiger partial charge in [0.2, 0.25) is 0 Å². The van der Waals surface area contributed by atoms with Gasteiger partial charge in [0.1, 0.15) is 0 Å². The molecule has 1 rings (SSSR count). The highest BCUT2D eigenvalue weighted by atomic mass is 16.3. The molecule has 0 saturated carbocycles. The molecule has 0 aliphatic carbocycles. The predicted molar refractivity (Wildman–Crippen MR) is 42.1 cm³/mol. The Labute approximate surface area is 64.2 Å². The van der Waals surface area contributed by atoms with E-state index < -0.39 is 0 Å². The Morgan fingerprint density at radius 1 is 1.36 bits per heavy atom. The standard InChI is InChI=1S/C7H8N3O/c8-7(9)10-5-1-3-6(11)4-2-5/h1-4H,(H4,8,9,10). The van der Waals surface area contributed by atoms with Gasteiger partial charge < -0.3 is 11.1 Å². The molecule has 1 aromatic rings. The normalized spacial score (nSPS) is 9.09. The summed E-state index contributed by atoms with van der Waals surface area (Å²) in [5.41, 5.74) is 5.71. The maximum absolute atomic E-state index is 10.6. The zero-order valence-electron chi connectivity index (χ0n) is 5.79. The molecule has 0 heterocycles. The van der Waals surface area contributed by atoms with Gasteiger partial charge in [-0.15, -0.1) is 0 Å². The van der Waals surface area contributed by atoms with Crippen LogP contribution in [0.25, 0.3) is 0 Å². The Hall–Kier alpha value is -1.71. The van der Waals surface area contributed by atoms with Crippen LogP contribution in [0.5, 0.6) is 5.75 Å². The van der Waals surface area contributed by atoms with E-state index in [2.05, 4.69) is 5.32 Å². The highest BCUT2D eigenvalue weighted by Gasteiger charge is 1.92. The molecule has 4 nitrogen and oxygen atoms in total. The fourth-order valence-corrected chi connectivity index (χ4v) is 0.694. The zero-order valence-corrected chi connectivity index (χ0v) is 5.79. The van der Waals surface area contributed by atoms with E-state index in [9.17, 15) is 5.11 Å². The minimum absolute atomic E-state index is 0.0564. The van der Waals surface area contributed by atoms with E-state index in [1.54, 1.807) is 12.1 Å². The fraction of sp³-hybridized carbons (Fsp3) is 0. The summed E-state index contributed by atoms with van der Waals surface area (Å²) in [6, 6.07) is 5.96. The van der Waals surface area contributed by atoms with Crippen molar-refractivity contribution >= 4 is 11.6 Å². The summed E-state index contributed by atoms with van der Waals surface area (Å²) in [6.07, 6.45) is 0. The molecule has 0 amide bonds. The summed E-state index contributed by atoms with van der Waals surface area (Å²) < 4.78 is 0. The summed E-state index contributed by atoms with van der Waals surface area (Å²) in [5, 5.41) is 20.0. The second-order valence-corrected chi connectivity index (χ2v) is 2.06. The van der Waals surface area contributed by atoms with Crippen molar-refractivity contribution in [2.24, 2.45) is 5.73 Å². The number of hydrogen-bond acceptors (Lipinski definition) is 1. The van der Waals surface area contributed by atoms with Gasteiger partial charge in [0.25, 0.3) is 0 Å². The van der Waals surface area contributed by atoms with Gasteiger partial charge in [0.15, 0.2) is 11.7 Å². The molecule has 0 aliphatic heterocycles. The Bertz CT molecular complexity index is 255. The third kappa shape index (κ3) is 2.17. The van der Waals surface area contributed by atoms with Crippen LogP contribution in [0.4, 0.5) is 5.69 Å². The van der Waals surface area contributed by atoms with Crippen LogP contribution in [-0.2, 0) is 5.11 Å². The lowest BCUT2D eigenvalue weighted by atomic mass is 10.3. The molecular weight excluding hydrogens is 142 g/mol. The SMILES string of the molecule is N=C(N)Nc1ccc([O])cc1. The first-order valence-corrected chi connectivity index (χ1v) is 3.06. The van der Waals surface area contributed by atoms with Gasteiger partial charge in [0, 0.05) is 5.69 Å².